The minimum absolute atomic E-state index is 0.275. The van der Waals surface area contributed by atoms with E-state index < -0.39 is 5.97 Å². The van der Waals surface area contributed by atoms with Gasteiger partial charge in [-0.1, -0.05) is 25.1 Å². The summed E-state index contributed by atoms with van der Waals surface area (Å²) in [7, 11) is 1.60. The average Bonchev–Trinajstić information content (AvgIpc) is 2.49. The Hall–Kier alpha value is -2.30. The highest BCUT2D eigenvalue weighted by Crippen LogP contribution is 2.10. The first-order chi connectivity index (χ1) is 9.65. The van der Waals surface area contributed by atoms with Crippen molar-refractivity contribution in [1.29, 1.82) is 0 Å². The molecule has 0 aliphatic heterocycles. The zero-order valence-electron chi connectivity index (χ0n) is 11.7. The van der Waals surface area contributed by atoms with Gasteiger partial charge in [-0.2, -0.15) is 0 Å². The van der Waals surface area contributed by atoms with E-state index in [9.17, 15) is 9.59 Å². The summed E-state index contributed by atoms with van der Waals surface area (Å²) in [6.45, 7) is 2.01. The van der Waals surface area contributed by atoms with Gasteiger partial charge in [0.1, 0.15) is 5.75 Å². The van der Waals surface area contributed by atoms with Gasteiger partial charge in [-0.3, -0.25) is 4.79 Å². The van der Waals surface area contributed by atoms with Crippen molar-refractivity contribution in [2.45, 2.75) is 19.9 Å². The van der Waals surface area contributed by atoms with Gasteiger partial charge in [-0.05, 0) is 24.1 Å². The van der Waals surface area contributed by atoms with Crippen molar-refractivity contribution in [2.75, 3.05) is 13.7 Å². The van der Waals surface area contributed by atoms with Crippen molar-refractivity contribution < 1.29 is 19.1 Å². The fourth-order valence-electron chi connectivity index (χ4n) is 1.39. The first-order valence-corrected chi connectivity index (χ1v) is 6.38. The highest BCUT2D eigenvalue weighted by atomic mass is 16.5. The van der Waals surface area contributed by atoms with Crippen LogP contribution in [0.4, 0.5) is 0 Å². The molecule has 0 aliphatic rings. The average molecular weight is 277 g/mol. The van der Waals surface area contributed by atoms with Crippen LogP contribution in [0.3, 0.4) is 0 Å². The fraction of sp³-hybridized carbons (Fsp3) is 0.333. The summed E-state index contributed by atoms with van der Waals surface area (Å²) < 4.78 is 9.81. The summed E-state index contributed by atoms with van der Waals surface area (Å²) in [5.41, 5.74) is 0.941. The smallest absolute Gasteiger partial charge is 0.330 e. The molecule has 0 aromatic heterocycles. The van der Waals surface area contributed by atoms with Gasteiger partial charge in [0.05, 0.1) is 7.11 Å². The Kier molecular flexibility index (Phi) is 6.89. The fourth-order valence-corrected chi connectivity index (χ4v) is 1.39. The first kappa shape index (κ1) is 15.8. The topological polar surface area (TPSA) is 64.6 Å². The number of ether oxygens (including phenoxy) is 2. The predicted octanol–water partition coefficient (Wildman–Crippen LogP) is 1.82. The maximum Gasteiger partial charge on any atom is 0.330 e. The molecule has 0 bridgehead atoms. The van der Waals surface area contributed by atoms with Gasteiger partial charge in [0, 0.05) is 12.6 Å². The second-order valence-electron chi connectivity index (χ2n) is 4.04. The van der Waals surface area contributed by atoms with Gasteiger partial charge in [0.2, 0.25) is 0 Å². The van der Waals surface area contributed by atoms with E-state index in [1.54, 1.807) is 13.2 Å². The van der Waals surface area contributed by atoms with Crippen LogP contribution in [0.2, 0.25) is 0 Å². The van der Waals surface area contributed by atoms with E-state index in [0.717, 1.165) is 17.7 Å². The van der Waals surface area contributed by atoms with Crippen LogP contribution in [0.15, 0.2) is 36.4 Å². The molecule has 5 heteroatoms. The number of carbonyl (C=O) groups excluding carboxylic acids is 2. The second-order valence-corrected chi connectivity index (χ2v) is 4.04. The summed E-state index contributed by atoms with van der Waals surface area (Å²) in [5.74, 6) is -0.0813. The number of hydrogen-bond donors (Lipinski definition) is 1. The molecule has 1 N–H and O–H groups in total. The Balaban J connectivity index is 2.28. The van der Waals surface area contributed by atoms with E-state index in [4.69, 9.17) is 9.47 Å². The van der Waals surface area contributed by atoms with Crippen molar-refractivity contribution in [3.63, 3.8) is 0 Å². The summed E-state index contributed by atoms with van der Waals surface area (Å²) in [6.07, 6.45) is 3.74. The molecule has 0 saturated carbocycles. The molecule has 0 unspecified atom stereocenters. The van der Waals surface area contributed by atoms with Crippen LogP contribution in [0, 0.1) is 0 Å². The number of methoxy groups -OCH3 is 1. The van der Waals surface area contributed by atoms with Crippen LogP contribution in [0.5, 0.6) is 5.75 Å². The van der Waals surface area contributed by atoms with Gasteiger partial charge in [-0.15, -0.1) is 0 Å². The van der Waals surface area contributed by atoms with Gasteiger partial charge < -0.3 is 14.8 Å². The third kappa shape index (κ3) is 6.04. The molecule has 5 nitrogen and oxygen atoms in total. The van der Waals surface area contributed by atoms with Gasteiger partial charge in [0.15, 0.2) is 6.61 Å². The number of allylic oxidation sites excluding steroid dienone is 1. The molecule has 0 radical (unpaired) electrons. The molecule has 0 aliphatic carbocycles. The Morgan fingerprint density at radius 1 is 1.25 bits per heavy atom. The lowest BCUT2D eigenvalue weighted by atomic mass is 10.2. The molecule has 1 aromatic carbocycles. The number of amides is 1. The molecule has 0 fully saturated rings. The summed E-state index contributed by atoms with van der Waals surface area (Å²) in [5, 5.41) is 2.67. The van der Waals surface area contributed by atoms with E-state index in [1.807, 2.05) is 31.2 Å². The van der Waals surface area contributed by atoms with Crippen LogP contribution < -0.4 is 10.1 Å². The van der Waals surface area contributed by atoms with Crippen LogP contribution >= 0.6 is 0 Å². The molecule has 108 valence electrons. The van der Waals surface area contributed by atoms with E-state index in [1.165, 1.54) is 6.08 Å². The molecule has 20 heavy (non-hydrogen) atoms. The predicted molar refractivity (Wildman–Crippen MR) is 75.2 cm³/mol. The Labute approximate surface area is 118 Å². The van der Waals surface area contributed by atoms with Crippen LogP contribution in [-0.2, 0) is 20.9 Å². The maximum absolute atomic E-state index is 11.5. The third-order valence-corrected chi connectivity index (χ3v) is 2.48. The number of carbonyl (C=O) groups is 2. The van der Waals surface area contributed by atoms with E-state index in [0.29, 0.717) is 6.54 Å². The van der Waals surface area contributed by atoms with Crippen molar-refractivity contribution in [3.05, 3.63) is 42.0 Å². The zero-order chi connectivity index (χ0) is 14.8. The summed E-state index contributed by atoms with van der Waals surface area (Å²) in [6, 6.07) is 7.35. The van der Waals surface area contributed by atoms with E-state index in [-0.39, 0.29) is 12.5 Å². The number of nitrogens with one attached hydrogen (secondary N) is 1. The third-order valence-electron chi connectivity index (χ3n) is 2.48. The number of esters is 1. The second kappa shape index (κ2) is 8.74. The zero-order valence-corrected chi connectivity index (χ0v) is 11.7. The number of rotatable bonds is 7. The molecule has 1 rings (SSSR count). The van der Waals surface area contributed by atoms with Gasteiger partial charge >= 0.3 is 5.97 Å². The van der Waals surface area contributed by atoms with Crippen molar-refractivity contribution in [2.24, 2.45) is 0 Å². The lowest BCUT2D eigenvalue weighted by molar-refractivity contribution is -0.143. The highest BCUT2D eigenvalue weighted by molar-refractivity contribution is 5.85. The standard InChI is InChI=1S/C15H19NO4/c1-3-4-5-15(18)20-11-14(17)16-10-12-6-8-13(19-2)9-7-12/h4-9H,3,10-11H2,1-2H3,(H,16,17)/b5-4+. The van der Waals surface area contributed by atoms with Gasteiger partial charge in [0.25, 0.3) is 5.91 Å². The number of benzene rings is 1. The normalized spacial score (nSPS) is 10.3. The summed E-state index contributed by atoms with van der Waals surface area (Å²) in [4.78, 5) is 22.6. The largest absolute Gasteiger partial charge is 0.497 e. The minimum Gasteiger partial charge on any atom is -0.497 e. The Morgan fingerprint density at radius 3 is 2.55 bits per heavy atom. The maximum atomic E-state index is 11.5. The molecule has 1 aromatic rings. The van der Waals surface area contributed by atoms with Crippen LogP contribution in [0.25, 0.3) is 0 Å². The highest BCUT2D eigenvalue weighted by Gasteiger charge is 2.04. The van der Waals surface area contributed by atoms with Gasteiger partial charge in [-0.25, -0.2) is 4.79 Å². The minimum atomic E-state index is -0.508. The molecule has 0 atom stereocenters. The SMILES string of the molecule is CC/C=C/C(=O)OCC(=O)NCc1ccc(OC)cc1. The van der Waals surface area contributed by atoms with Crippen molar-refractivity contribution in [3.8, 4) is 5.75 Å². The molecule has 0 heterocycles. The Morgan fingerprint density at radius 2 is 1.95 bits per heavy atom. The van der Waals surface area contributed by atoms with E-state index >= 15 is 0 Å². The molecule has 0 spiro atoms. The van der Waals surface area contributed by atoms with Crippen molar-refractivity contribution >= 4 is 11.9 Å². The number of hydrogen-bond acceptors (Lipinski definition) is 4. The monoisotopic (exact) mass is 277 g/mol. The lowest BCUT2D eigenvalue weighted by Gasteiger charge is -2.06. The summed E-state index contributed by atoms with van der Waals surface area (Å²) >= 11 is 0. The molecule has 0 saturated heterocycles. The molecule has 1 amide bonds. The molecular formula is C15H19NO4. The van der Waals surface area contributed by atoms with Crippen molar-refractivity contribution in [1.82, 2.24) is 5.32 Å². The molecular weight excluding hydrogens is 258 g/mol. The van der Waals surface area contributed by atoms with E-state index in [2.05, 4.69) is 5.32 Å². The van der Waals surface area contributed by atoms with Crippen LogP contribution in [0.1, 0.15) is 18.9 Å². The quantitative estimate of drug-likeness (QED) is 0.610. The Bertz CT molecular complexity index is 465. The lowest BCUT2D eigenvalue weighted by Crippen LogP contribution is -2.28. The first-order valence-electron chi connectivity index (χ1n) is 6.38. The van der Waals surface area contributed by atoms with Crippen LogP contribution in [-0.4, -0.2) is 25.6 Å².